The normalized spacial score (nSPS) is 19.1. The Morgan fingerprint density at radius 3 is 2.75 bits per heavy atom. The standard InChI is InChI=1S/C13H14F3NO3/c14-13(15,16)11-6-8(3-4-10(11)12(18)19)17-7-9-2-1-5-20-9/h3-4,6,9,17H,1-2,5,7H2,(H,18,19). The van der Waals surface area contributed by atoms with E-state index in [4.69, 9.17) is 9.84 Å². The predicted molar refractivity (Wildman–Crippen MR) is 65.9 cm³/mol. The fraction of sp³-hybridized carbons (Fsp3) is 0.462. The highest BCUT2D eigenvalue weighted by Crippen LogP contribution is 2.34. The lowest BCUT2D eigenvalue weighted by Gasteiger charge is -2.15. The lowest BCUT2D eigenvalue weighted by molar-refractivity contribution is -0.138. The first-order valence-corrected chi connectivity index (χ1v) is 6.18. The second-order valence-electron chi connectivity index (χ2n) is 4.58. The molecule has 0 spiro atoms. The van der Waals surface area contributed by atoms with Gasteiger partial charge in [-0.1, -0.05) is 0 Å². The average molecular weight is 289 g/mol. The maximum atomic E-state index is 12.8. The van der Waals surface area contributed by atoms with E-state index in [9.17, 15) is 18.0 Å². The minimum absolute atomic E-state index is 0.0107. The van der Waals surface area contributed by atoms with Gasteiger partial charge in [-0.25, -0.2) is 4.79 Å². The molecule has 1 aliphatic heterocycles. The summed E-state index contributed by atoms with van der Waals surface area (Å²) in [6.45, 7) is 1.07. The van der Waals surface area contributed by atoms with E-state index < -0.39 is 23.3 Å². The lowest BCUT2D eigenvalue weighted by Crippen LogP contribution is -2.19. The van der Waals surface area contributed by atoms with E-state index in [-0.39, 0.29) is 11.8 Å². The fourth-order valence-electron chi connectivity index (χ4n) is 2.11. The summed E-state index contributed by atoms with van der Waals surface area (Å²) in [5, 5.41) is 11.6. The van der Waals surface area contributed by atoms with Crippen LogP contribution in [-0.2, 0) is 10.9 Å². The number of benzene rings is 1. The van der Waals surface area contributed by atoms with Crippen LogP contribution in [0.25, 0.3) is 0 Å². The Balaban J connectivity index is 2.16. The average Bonchev–Trinajstić information content (AvgIpc) is 2.88. The summed E-state index contributed by atoms with van der Waals surface area (Å²) in [6.07, 6.45) is -2.90. The van der Waals surface area contributed by atoms with E-state index in [0.29, 0.717) is 13.2 Å². The zero-order valence-electron chi connectivity index (χ0n) is 10.5. The van der Waals surface area contributed by atoms with Crippen molar-refractivity contribution in [2.45, 2.75) is 25.1 Å². The van der Waals surface area contributed by atoms with Crippen LogP contribution in [0.5, 0.6) is 0 Å². The van der Waals surface area contributed by atoms with Crippen LogP contribution in [0.2, 0.25) is 0 Å². The number of carbonyl (C=O) groups is 1. The molecule has 1 aromatic carbocycles. The van der Waals surface area contributed by atoms with Gasteiger partial charge in [-0.15, -0.1) is 0 Å². The number of anilines is 1. The van der Waals surface area contributed by atoms with Crippen LogP contribution in [0.4, 0.5) is 18.9 Å². The maximum Gasteiger partial charge on any atom is 0.417 e. The van der Waals surface area contributed by atoms with E-state index in [0.717, 1.165) is 25.0 Å². The molecule has 0 radical (unpaired) electrons. The van der Waals surface area contributed by atoms with Crippen LogP contribution in [0, 0.1) is 0 Å². The quantitative estimate of drug-likeness (QED) is 0.894. The molecule has 0 amide bonds. The van der Waals surface area contributed by atoms with Gasteiger partial charge in [-0.3, -0.25) is 0 Å². The van der Waals surface area contributed by atoms with Crippen molar-refractivity contribution in [2.24, 2.45) is 0 Å². The molecule has 4 nitrogen and oxygen atoms in total. The molecule has 0 aliphatic carbocycles. The van der Waals surface area contributed by atoms with E-state index in [1.165, 1.54) is 6.07 Å². The Bertz CT molecular complexity index is 496. The summed E-state index contributed by atoms with van der Waals surface area (Å²) in [7, 11) is 0. The summed E-state index contributed by atoms with van der Waals surface area (Å²) in [6, 6.07) is 3.11. The van der Waals surface area contributed by atoms with Crippen molar-refractivity contribution in [3.05, 3.63) is 29.3 Å². The fourth-order valence-corrected chi connectivity index (χ4v) is 2.11. The molecular weight excluding hydrogens is 275 g/mol. The Kier molecular flexibility index (Phi) is 4.17. The van der Waals surface area contributed by atoms with Gasteiger partial charge < -0.3 is 15.2 Å². The number of ether oxygens (including phenoxy) is 1. The number of hydrogen-bond donors (Lipinski definition) is 2. The van der Waals surface area contributed by atoms with Crippen LogP contribution < -0.4 is 5.32 Å². The van der Waals surface area contributed by atoms with Crippen LogP contribution in [0.15, 0.2) is 18.2 Å². The first-order valence-electron chi connectivity index (χ1n) is 6.18. The van der Waals surface area contributed by atoms with Crippen LogP contribution in [0.3, 0.4) is 0 Å². The molecule has 7 heteroatoms. The van der Waals surface area contributed by atoms with E-state index in [2.05, 4.69) is 5.32 Å². The molecule has 0 bridgehead atoms. The molecule has 110 valence electrons. The van der Waals surface area contributed by atoms with Gasteiger partial charge in [0.1, 0.15) is 0 Å². The number of carboxylic acid groups (broad SMARTS) is 1. The third-order valence-corrected chi connectivity index (χ3v) is 3.11. The summed E-state index contributed by atoms with van der Waals surface area (Å²) >= 11 is 0. The summed E-state index contributed by atoms with van der Waals surface area (Å²) in [5.74, 6) is -1.59. The Labute approximate surface area is 113 Å². The molecule has 1 aromatic rings. The number of aromatic carboxylic acids is 1. The summed E-state index contributed by atoms with van der Waals surface area (Å²) < 4.78 is 43.8. The molecule has 1 unspecified atom stereocenters. The highest BCUT2D eigenvalue weighted by atomic mass is 19.4. The predicted octanol–water partition coefficient (Wildman–Crippen LogP) is 2.99. The van der Waals surface area contributed by atoms with Crippen molar-refractivity contribution < 1.29 is 27.8 Å². The monoisotopic (exact) mass is 289 g/mol. The number of carboxylic acids is 1. The van der Waals surface area contributed by atoms with E-state index in [1.54, 1.807) is 0 Å². The van der Waals surface area contributed by atoms with Gasteiger partial charge in [0.2, 0.25) is 0 Å². The molecule has 1 atom stereocenters. The Morgan fingerprint density at radius 1 is 1.45 bits per heavy atom. The minimum atomic E-state index is -4.70. The highest BCUT2D eigenvalue weighted by Gasteiger charge is 2.35. The third kappa shape index (κ3) is 3.41. The van der Waals surface area contributed by atoms with Crippen molar-refractivity contribution in [1.29, 1.82) is 0 Å². The molecule has 1 heterocycles. The molecule has 20 heavy (non-hydrogen) atoms. The first-order chi connectivity index (χ1) is 9.38. The molecular formula is C13H14F3NO3. The molecule has 2 N–H and O–H groups in total. The smallest absolute Gasteiger partial charge is 0.417 e. The van der Waals surface area contributed by atoms with Gasteiger partial charge in [0.25, 0.3) is 0 Å². The van der Waals surface area contributed by atoms with Crippen molar-refractivity contribution in [3.63, 3.8) is 0 Å². The molecule has 2 rings (SSSR count). The van der Waals surface area contributed by atoms with Crippen molar-refractivity contribution >= 4 is 11.7 Å². The summed E-state index contributed by atoms with van der Waals surface area (Å²) in [4.78, 5) is 10.8. The van der Waals surface area contributed by atoms with Crippen LogP contribution >= 0.6 is 0 Å². The summed E-state index contributed by atoms with van der Waals surface area (Å²) in [5.41, 5.74) is -1.67. The Hall–Kier alpha value is -1.76. The highest BCUT2D eigenvalue weighted by molar-refractivity contribution is 5.90. The number of alkyl halides is 3. The Morgan fingerprint density at radius 2 is 2.20 bits per heavy atom. The second kappa shape index (κ2) is 5.70. The van der Waals surface area contributed by atoms with Gasteiger partial charge in [0.05, 0.1) is 17.2 Å². The number of nitrogens with one attached hydrogen (secondary N) is 1. The van der Waals surface area contributed by atoms with Crippen LogP contribution in [-0.4, -0.2) is 30.3 Å². The van der Waals surface area contributed by atoms with Crippen molar-refractivity contribution in [2.75, 3.05) is 18.5 Å². The van der Waals surface area contributed by atoms with Crippen molar-refractivity contribution in [3.8, 4) is 0 Å². The van der Waals surface area contributed by atoms with Crippen LogP contribution in [0.1, 0.15) is 28.8 Å². The maximum absolute atomic E-state index is 12.8. The van der Waals surface area contributed by atoms with Crippen molar-refractivity contribution in [1.82, 2.24) is 0 Å². The second-order valence-corrected chi connectivity index (χ2v) is 4.58. The zero-order chi connectivity index (χ0) is 14.8. The molecule has 0 aromatic heterocycles. The topological polar surface area (TPSA) is 58.6 Å². The van der Waals surface area contributed by atoms with E-state index >= 15 is 0 Å². The zero-order valence-corrected chi connectivity index (χ0v) is 10.5. The molecule has 1 saturated heterocycles. The SMILES string of the molecule is O=C(O)c1ccc(NCC2CCCO2)cc1C(F)(F)F. The van der Waals surface area contributed by atoms with Gasteiger partial charge in [0.15, 0.2) is 0 Å². The van der Waals surface area contributed by atoms with Gasteiger partial charge >= 0.3 is 12.1 Å². The largest absolute Gasteiger partial charge is 0.478 e. The third-order valence-electron chi connectivity index (χ3n) is 3.11. The number of hydrogen-bond acceptors (Lipinski definition) is 3. The minimum Gasteiger partial charge on any atom is -0.478 e. The number of rotatable bonds is 4. The molecule has 1 fully saturated rings. The first kappa shape index (κ1) is 14.6. The number of halogens is 3. The molecule has 1 aliphatic rings. The van der Waals surface area contributed by atoms with Gasteiger partial charge in [-0.2, -0.15) is 13.2 Å². The van der Waals surface area contributed by atoms with Gasteiger partial charge in [0, 0.05) is 18.8 Å². The molecule has 0 saturated carbocycles. The van der Waals surface area contributed by atoms with Gasteiger partial charge in [-0.05, 0) is 31.0 Å². The van der Waals surface area contributed by atoms with E-state index in [1.807, 2.05) is 0 Å². The lowest BCUT2D eigenvalue weighted by atomic mass is 10.1.